The number of likely N-dealkylation sites (tertiary alicyclic amines) is 1. The minimum atomic E-state index is 0.172. The molecule has 24 heavy (non-hydrogen) atoms. The maximum Gasteiger partial charge on any atom is 0.219 e. The predicted molar refractivity (Wildman–Crippen MR) is 92.2 cm³/mol. The predicted octanol–water partition coefficient (Wildman–Crippen LogP) is 2.55. The lowest BCUT2D eigenvalue weighted by molar-refractivity contribution is -0.130. The quantitative estimate of drug-likeness (QED) is 0.846. The van der Waals surface area contributed by atoms with Crippen molar-refractivity contribution in [2.75, 3.05) is 13.1 Å². The van der Waals surface area contributed by atoms with Gasteiger partial charge in [-0.25, -0.2) is 0 Å². The highest BCUT2D eigenvalue weighted by molar-refractivity contribution is 5.73. The molecule has 0 aromatic carbocycles. The van der Waals surface area contributed by atoms with Crippen LogP contribution in [0.1, 0.15) is 38.8 Å². The van der Waals surface area contributed by atoms with Crippen molar-refractivity contribution in [2.24, 2.45) is 5.92 Å². The number of aryl methyl sites for hydroxylation is 1. The number of carbonyl (C=O) groups is 1. The first-order valence-corrected chi connectivity index (χ1v) is 8.76. The van der Waals surface area contributed by atoms with Gasteiger partial charge in [-0.15, -0.1) is 0 Å². The van der Waals surface area contributed by atoms with Crippen LogP contribution >= 0.6 is 0 Å². The summed E-state index contributed by atoms with van der Waals surface area (Å²) in [6.45, 7) is 6.39. The lowest BCUT2D eigenvalue weighted by atomic mass is 9.93. The van der Waals surface area contributed by atoms with E-state index in [1.165, 1.54) is 0 Å². The van der Waals surface area contributed by atoms with Gasteiger partial charge in [0.05, 0.1) is 17.6 Å². The van der Waals surface area contributed by atoms with E-state index in [4.69, 9.17) is 0 Å². The number of aromatic nitrogens is 4. The highest BCUT2D eigenvalue weighted by atomic mass is 16.2. The second kappa shape index (κ2) is 7.55. The lowest BCUT2D eigenvalue weighted by Gasteiger charge is -2.31. The summed E-state index contributed by atoms with van der Waals surface area (Å²) in [6, 6.07) is 1.98. The highest BCUT2D eigenvalue weighted by Crippen LogP contribution is 2.21. The van der Waals surface area contributed by atoms with Gasteiger partial charge in [-0.05, 0) is 37.7 Å². The molecule has 0 radical (unpaired) electrons. The van der Waals surface area contributed by atoms with Crippen LogP contribution in [0.3, 0.4) is 0 Å². The van der Waals surface area contributed by atoms with E-state index >= 15 is 0 Å². The van der Waals surface area contributed by atoms with Crippen LogP contribution in [0.4, 0.5) is 0 Å². The first-order valence-electron chi connectivity index (χ1n) is 8.76. The van der Waals surface area contributed by atoms with E-state index in [1.54, 1.807) is 13.1 Å². The van der Waals surface area contributed by atoms with Gasteiger partial charge in [0.15, 0.2) is 0 Å². The molecule has 1 amide bonds. The van der Waals surface area contributed by atoms with E-state index in [9.17, 15) is 4.79 Å². The van der Waals surface area contributed by atoms with Crippen LogP contribution in [0.25, 0.3) is 11.4 Å². The molecular weight excluding hydrogens is 302 g/mol. The van der Waals surface area contributed by atoms with E-state index in [2.05, 4.69) is 22.0 Å². The molecule has 128 valence electrons. The van der Waals surface area contributed by atoms with Crippen molar-refractivity contribution in [1.29, 1.82) is 0 Å². The van der Waals surface area contributed by atoms with Crippen LogP contribution in [0, 0.1) is 5.92 Å². The molecule has 1 fully saturated rings. The summed E-state index contributed by atoms with van der Waals surface area (Å²) in [5, 5.41) is 4.33. The van der Waals surface area contributed by atoms with Crippen molar-refractivity contribution in [3.8, 4) is 11.4 Å². The second-order valence-electron chi connectivity index (χ2n) is 6.51. The maximum atomic E-state index is 11.5. The average molecular weight is 327 g/mol. The Hall–Kier alpha value is -2.24. The largest absolute Gasteiger partial charge is 0.343 e. The topological polar surface area (TPSA) is 63.9 Å². The zero-order chi connectivity index (χ0) is 16.9. The summed E-state index contributed by atoms with van der Waals surface area (Å²) in [6.07, 6.45) is 9.65. The van der Waals surface area contributed by atoms with Crippen LogP contribution in [0.5, 0.6) is 0 Å². The third-order valence-electron chi connectivity index (χ3n) is 4.58. The molecule has 3 rings (SSSR count). The lowest BCUT2D eigenvalue weighted by Crippen LogP contribution is -2.39. The Bertz CT molecular complexity index is 679. The van der Waals surface area contributed by atoms with Crippen molar-refractivity contribution in [1.82, 2.24) is 24.6 Å². The average Bonchev–Trinajstić information content (AvgIpc) is 3.04. The fourth-order valence-corrected chi connectivity index (χ4v) is 3.35. The zero-order valence-electron chi connectivity index (χ0n) is 14.5. The second-order valence-corrected chi connectivity index (χ2v) is 6.51. The standard InChI is InChI=1S/C18H25N5O/c1-3-8-23-18(6-7-21-23)17-12-19-16(11-20-17)10-15-5-4-9-22(13-15)14(2)24/h6-7,11-12,15H,3-5,8-10,13H2,1-2H3/t15-/m0/s1. The number of carbonyl (C=O) groups excluding carboxylic acids is 1. The van der Waals surface area contributed by atoms with Gasteiger partial charge in [-0.2, -0.15) is 5.10 Å². The molecule has 0 aliphatic carbocycles. The summed E-state index contributed by atoms with van der Waals surface area (Å²) in [7, 11) is 0. The number of piperidine rings is 1. The van der Waals surface area contributed by atoms with Crippen LogP contribution < -0.4 is 0 Å². The van der Waals surface area contributed by atoms with Gasteiger partial charge in [0.25, 0.3) is 0 Å². The molecule has 1 aliphatic heterocycles. The molecule has 0 bridgehead atoms. The first-order chi connectivity index (χ1) is 11.7. The number of nitrogens with zero attached hydrogens (tertiary/aromatic N) is 5. The van der Waals surface area contributed by atoms with Crippen LogP contribution in [-0.2, 0) is 17.8 Å². The van der Waals surface area contributed by atoms with Gasteiger partial charge in [0.2, 0.25) is 5.91 Å². The normalized spacial score (nSPS) is 17.9. The fraction of sp³-hybridized carbons (Fsp3) is 0.556. The molecule has 0 saturated carbocycles. The van der Waals surface area contributed by atoms with Crippen molar-refractivity contribution in [3.05, 3.63) is 30.4 Å². The Morgan fingerprint density at radius 3 is 2.92 bits per heavy atom. The summed E-state index contributed by atoms with van der Waals surface area (Å²) >= 11 is 0. The maximum absolute atomic E-state index is 11.5. The third kappa shape index (κ3) is 3.80. The molecule has 0 unspecified atom stereocenters. The van der Waals surface area contributed by atoms with Gasteiger partial charge in [-0.1, -0.05) is 6.92 Å². The molecule has 1 saturated heterocycles. The Kier molecular flexibility index (Phi) is 5.23. The summed E-state index contributed by atoms with van der Waals surface area (Å²) in [5.74, 6) is 0.652. The Balaban J connectivity index is 1.66. The van der Waals surface area contributed by atoms with Crippen LogP contribution in [-0.4, -0.2) is 43.6 Å². The molecular formula is C18H25N5O. The number of rotatable bonds is 5. The van der Waals surface area contributed by atoms with Gasteiger partial charge < -0.3 is 4.90 Å². The highest BCUT2D eigenvalue weighted by Gasteiger charge is 2.22. The molecule has 2 aromatic heterocycles. The summed E-state index contributed by atoms with van der Waals surface area (Å²) in [4.78, 5) is 22.7. The third-order valence-corrected chi connectivity index (χ3v) is 4.58. The number of hydrogen-bond acceptors (Lipinski definition) is 4. The van der Waals surface area contributed by atoms with E-state index in [0.717, 1.165) is 62.4 Å². The Morgan fingerprint density at radius 2 is 2.21 bits per heavy atom. The van der Waals surface area contributed by atoms with E-state index in [0.29, 0.717) is 5.92 Å². The molecule has 0 spiro atoms. The van der Waals surface area contributed by atoms with Gasteiger partial charge in [-0.3, -0.25) is 19.4 Å². The Labute approximate surface area is 142 Å². The smallest absolute Gasteiger partial charge is 0.219 e. The van der Waals surface area contributed by atoms with E-state index < -0.39 is 0 Å². The molecule has 0 N–H and O–H groups in total. The van der Waals surface area contributed by atoms with Crippen molar-refractivity contribution < 1.29 is 4.79 Å². The van der Waals surface area contributed by atoms with E-state index in [1.807, 2.05) is 28.0 Å². The van der Waals surface area contributed by atoms with Crippen LogP contribution in [0.15, 0.2) is 24.7 Å². The number of hydrogen-bond donors (Lipinski definition) is 0. The number of amides is 1. The molecule has 2 aromatic rings. The monoisotopic (exact) mass is 327 g/mol. The SMILES string of the molecule is CCCn1nccc1-c1cnc(C[C@@H]2CCCN(C(C)=O)C2)cn1. The van der Waals surface area contributed by atoms with Gasteiger partial charge in [0, 0.05) is 39.0 Å². The van der Waals surface area contributed by atoms with Gasteiger partial charge >= 0.3 is 0 Å². The minimum absolute atomic E-state index is 0.172. The van der Waals surface area contributed by atoms with Gasteiger partial charge in [0.1, 0.15) is 5.69 Å². The van der Waals surface area contributed by atoms with E-state index in [-0.39, 0.29) is 5.91 Å². The first kappa shape index (κ1) is 16.6. The van der Waals surface area contributed by atoms with Crippen molar-refractivity contribution in [2.45, 2.75) is 46.1 Å². The zero-order valence-corrected chi connectivity index (χ0v) is 14.5. The minimum Gasteiger partial charge on any atom is -0.343 e. The summed E-state index contributed by atoms with van der Waals surface area (Å²) < 4.78 is 1.97. The van der Waals surface area contributed by atoms with Crippen molar-refractivity contribution in [3.63, 3.8) is 0 Å². The Morgan fingerprint density at radius 1 is 1.33 bits per heavy atom. The fourth-order valence-electron chi connectivity index (χ4n) is 3.35. The molecule has 3 heterocycles. The molecule has 1 atom stereocenters. The molecule has 1 aliphatic rings. The van der Waals surface area contributed by atoms with Crippen molar-refractivity contribution >= 4 is 5.91 Å². The summed E-state index contributed by atoms with van der Waals surface area (Å²) in [5.41, 5.74) is 2.87. The molecule has 6 heteroatoms. The molecule has 6 nitrogen and oxygen atoms in total. The van der Waals surface area contributed by atoms with Crippen LogP contribution in [0.2, 0.25) is 0 Å².